The zero-order valence-corrected chi connectivity index (χ0v) is 14.3. The van der Waals surface area contributed by atoms with Crippen LogP contribution in [0.3, 0.4) is 0 Å². The molecule has 132 valence electrons. The molecular weight excluding hydrogens is 334 g/mol. The summed E-state index contributed by atoms with van der Waals surface area (Å²) in [4.78, 5) is 31.5. The van der Waals surface area contributed by atoms with E-state index in [-0.39, 0.29) is 5.56 Å². The van der Waals surface area contributed by atoms with E-state index in [1.54, 1.807) is 18.2 Å². The van der Waals surface area contributed by atoms with Crippen molar-refractivity contribution in [2.45, 2.75) is 0 Å². The van der Waals surface area contributed by atoms with E-state index in [4.69, 9.17) is 9.47 Å². The second-order valence-electron chi connectivity index (χ2n) is 5.36. The van der Waals surface area contributed by atoms with Crippen molar-refractivity contribution < 1.29 is 14.3 Å². The zero-order chi connectivity index (χ0) is 18.5. The first kappa shape index (κ1) is 17.2. The maximum Gasteiger partial charge on any atom is 0.264 e. The summed E-state index contributed by atoms with van der Waals surface area (Å²) in [6.07, 6.45) is 1.26. The average molecular weight is 351 g/mol. The molecule has 3 aromatic rings. The number of anilines is 1. The SMILES string of the molecule is COc1ccc(NC(=O)c2cnc(-c3ccccc3)[nH]c2=O)cc1OC. The fourth-order valence-corrected chi connectivity index (χ4v) is 2.41. The van der Waals surface area contributed by atoms with Gasteiger partial charge in [0.25, 0.3) is 11.5 Å². The number of carbonyl (C=O) groups is 1. The Bertz CT molecular complexity index is 984. The molecule has 0 saturated carbocycles. The Hall–Kier alpha value is -3.61. The van der Waals surface area contributed by atoms with Crippen molar-refractivity contribution in [3.63, 3.8) is 0 Å². The molecule has 0 saturated heterocycles. The van der Waals surface area contributed by atoms with Gasteiger partial charge in [-0.05, 0) is 12.1 Å². The monoisotopic (exact) mass is 351 g/mol. The van der Waals surface area contributed by atoms with Crippen LogP contribution in [0.2, 0.25) is 0 Å². The normalized spacial score (nSPS) is 10.2. The maximum atomic E-state index is 12.4. The van der Waals surface area contributed by atoms with Gasteiger partial charge in [0.05, 0.1) is 14.2 Å². The molecule has 2 N–H and O–H groups in total. The fourth-order valence-electron chi connectivity index (χ4n) is 2.41. The molecule has 26 heavy (non-hydrogen) atoms. The van der Waals surface area contributed by atoms with Crippen LogP contribution in [0.1, 0.15) is 10.4 Å². The smallest absolute Gasteiger partial charge is 0.264 e. The summed E-state index contributed by atoms with van der Waals surface area (Å²) in [6.45, 7) is 0. The number of methoxy groups -OCH3 is 2. The number of benzene rings is 2. The molecule has 0 unspecified atom stereocenters. The summed E-state index contributed by atoms with van der Waals surface area (Å²) in [5, 5.41) is 2.65. The van der Waals surface area contributed by atoms with Crippen molar-refractivity contribution in [3.8, 4) is 22.9 Å². The van der Waals surface area contributed by atoms with E-state index in [0.717, 1.165) is 5.56 Å². The summed E-state index contributed by atoms with van der Waals surface area (Å²) >= 11 is 0. The van der Waals surface area contributed by atoms with E-state index in [1.165, 1.54) is 20.4 Å². The number of aromatic nitrogens is 2. The van der Waals surface area contributed by atoms with Gasteiger partial charge < -0.3 is 19.8 Å². The molecule has 2 aromatic carbocycles. The minimum atomic E-state index is -0.564. The van der Waals surface area contributed by atoms with Gasteiger partial charge in [0, 0.05) is 23.5 Å². The number of hydrogen-bond donors (Lipinski definition) is 2. The van der Waals surface area contributed by atoms with Gasteiger partial charge >= 0.3 is 0 Å². The van der Waals surface area contributed by atoms with Crippen LogP contribution in [0.4, 0.5) is 5.69 Å². The lowest BCUT2D eigenvalue weighted by Gasteiger charge is -2.10. The van der Waals surface area contributed by atoms with Crippen molar-refractivity contribution in [1.29, 1.82) is 0 Å². The number of carbonyl (C=O) groups excluding carboxylic acids is 1. The van der Waals surface area contributed by atoms with Gasteiger partial charge in [-0.15, -0.1) is 0 Å². The van der Waals surface area contributed by atoms with Crippen LogP contribution in [0.15, 0.2) is 59.5 Å². The zero-order valence-electron chi connectivity index (χ0n) is 14.3. The van der Waals surface area contributed by atoms with Crippen LogP contribution < -0.4 is 20.3 Å². The quantitative estimate of drug-likeness (QED) is 0.737. The molecule has 1 heterocycles. The lowest BCUT2D eigenvalue weighted by Crippen LogP contribution is -2.24. The number of nitrogens with one attached hydrogen (secondary N) is 2. The average Bonchev–Trinajstić information content (AvgIpc) is 2.68. The molecule has 7 nitrogen and oxygen atoms in total. The van der Waals surface area contributed by atoms with E-state index < -0.39 is 11.5 Å². The standard InChI is InChI=1S/C19H17N3O4/c1-25-15-9-8-13(10-16(15)26-2)21-18(23)14-11-20-17(22-19(14)24)12-6-4-3-5-7-12/h3-11H,1-2H3,(H,21,23)(H,20,22,24). The molecule has 0 aliphatic carbocycles. The van der Waals surface area contributed by atoms with Crippen LogP contribution in [-0.4, -0.2) is 30.1 Å². The molecule has 7 heteroatoms. The molecule has 3 rings (SSSR count). The Morgan fingerprint density at radius 3 is 2.42 bits per heavy atom. The van der Waals surface area contributed by atoms with Gasteiger partial charge in [-0.1, -0.05) is 30.3 Å². The van der Waals surface area contributed by atoms with Crippen LogP contribution in [-0.2, 0) is 0 Å². The number of nitrogens with zero attached hydrogens (tertiary/aromatic N) is 1. The topological polar surface area (TPSA) is 93.3 Å². The van der Waals surface area contributed by atoms with E-state index in [0.29, 0.717) is 23.0 Å². The first-order valence-corrected chi connectivity index (χ1v) is 7.80. The number of hydrogen-bond acceptors (Lipinski definition) is 5. The lowest BCUT2D eigenvalue weighted by atomic mass is 10.2. The molecule has 0 radical (unpaired) electrons. The molecule has 1 amide bonds. The highest BCUT2D eigenvalue weighted by Crippen LogP contribution is 2.29. The first-order valence-electron chi connectivity index (χ1n) is 7.80. The lowest BCUT2D eigenvalue weighted by molar-refractivity contribution is 0.102. The number of aromatic amines is 1. The third-order valence-electron chi connectivity index (χ3n) is 3.73. The van der Waals surface area contributed by atoms with Gasteiger partial charge in [-0.25, -0.2) is 4.98 Å². The first-order chi connectivity index (χ1) is 12.6. The van der Waals surface area contributed by atoms with E-state index >= 15 is 0 Å². The third kappa shape index (κ3) is 3.56. The maximum absolute atomic E-state index is 12.4. The summed E-state index contributed by atoms with van der Waals surface area (Å²) in [7, 11) is 3.02. The Morgan fingerprint density at radius 2 is 1.77 bits per heavy atom. The number of H-pyrrole nitrogens is 1. The number of rotatable bonds is 5. The molecule has 0 aliphatic rings. The summed E-state index contributed by atoms with van der Waals surface area (Å²) < 4.78 is 10.3. The van der Waals surface area contributed by atoms with Gasteiger partial charge in [0.2, 0.25) is 0 Å². The highest BCUT2D eigenvalue weighted by molar-refractivity contribution is 6.04. The van der Waals surface area contributed by atoms with E-state index in [2.05, 4.69) is 15.3 Å². The summed E-state index contributed by atoms with van der Waals surface area (Å²) in [5.74, 6) is 0.845. The Labute approximate surface area is 149 Å². The summed E-state index contributed by atoms with van der Waals surface area (Å²) in [6, 6.07) is 14.1. The fraction of sp³-hybridized carbons (Fsp3) is 0.105. The van der Waals surface area contributed by atoms with Crippen LogP contribution >= 0.6 is 0 Å². The third-order valence-corrected chi connectivity index (χ3v) is 3.73. The number of ether oxygens (including phenoxy) is 2. The molecule has 0 atom stereocenters. The van der Waals surface area contributed by atoms with Crippen molar-refractivity contribution in [2.75, 3.05) is 19.5 Å². The molecule has 1 aromatic heterocycles. The highest BCUT2D eigenvalue weighted by Gasteiger charge is 2.14. The van der Waals surface area contributed by atoms with Crippen molar-refractivity contribution in [3.05, 3.63) is 70.6 Å². The highest BCUT2D eigenvalue weighted by atomic mass is 16.5. The summed E-state index contributed by atoms with van der Waals surface area (Å²) in [5.41, 5.74) is 0.631. The predicted octanol–water partition coefficient (Wildman–Crippen LogP) is 2.71. The van der Waals surface area contributed by atoms with Crippen molar-refractivity contribution in [1.82, 2.24) is 9.97 Å². The number of amides is 1. The Kier molecular flexibility index (Phi) is 4.98. The second-order valence-corrected chi connectivity index (χ2v) is 5.36. The molecule has 0 spiro atoms. The van der Waals surface area contributed by atoms with Crippen molar-refractivity contribution >= 4 is 11.6 Å². The van der Waals surface area contributed by atoms with E-state index in [9.17, 15) is 9.59 Å². The van der Waals surface area contributed by atoms with E-state index in [1.807, 2.05) is 30.3 Å². The largest absolute Gasteiger partial charge is 0.493 e. The second kappa shape index (κ2) is 7.52. The van der Waals surface area contributed by atoms with Gasteiger partial charge in [-0.3, -0.25) is 9.59 Å². The Morgan fingerprint density at radius 1 is 1.04 bits per heavy atom. The predicted molar refractivity (Wildman–Crippen MR) is 97.8 cm³/mol. The molecule has 0 aliphatic heterocycles. The van der Waals surface area contributed by atoms with Gasteiger partial charge in [-0.2, -0.15) is 0 Å². The Balaban J connectivity index is 1.83. The van der Waals surface area contributed by atoms with Gasteiger partial charge in [0.1, 0.15) is 11.4 Å². The molecule has 0 bridgehead atoms. The van der Waals surface area contributed by atoms with Crippen molar-refractivity contribution in [2.24, 2.45) is 0 Å². The van der Waals surface area contributed by atoms with Crippen LogP contribution in [0, 0.1) is 0 Å². The minimum absolute atomic E-state index is 0.0838. The minimum Gasteiger partial charge on any atom is -0.493 e. The van der Waals surface area contributed by atoms with Crippen LogP contribution in [0.25, 0.3) is 11.4 Å². The van der Waals surface area contributed by atoms with Gasteiger partial charge in [0.15, 0.2) is 11.5 Å². The molecule has 0 fully saturated rings. The molecular formula is C19H17N3O4. The van der Waals surface area contributed by atoms with Crippen LogP contribution in [0.5, 0.6) is 11.5 Å².